The van der Waals surface area contributed by atoms with Crippen LogP contribution in [0, 0.1) is 26.6 Å². The average Bonchev–Trinajstić information content (AvgIpc) is 2.71. The van der Waals surface area contributed by atoms with Gasteiger partial charge in [-0.25, -0.2) is 12.8 Å². The Hall–Kier alpha value is -2.97. The third-order valence-electron chi connectivity index (χ3n) is 4.70. The van der Waals surface area contributed by atoms with Crippen molar-refractivity contribution in [2.45, 2.75) is 32.2 Å². The monoisotopic (exact) mass is 457 g/mol. The molecule has 0 heterocycles. The molecule has 0 radical (unpaired) electrons. The molecule has 5 nitrogen and oxygen atoms in total. The van der Waals surface area contributed by atoms with Crippen LogP contribution in [-0.2, 0) is 16.6 Å². The summed E-state index contributed by atoms with van der Waals surface area (Å²) in [4.78, 5) is 0.155. The van der Waals surface area contributed by atoms with Crippen molar-refractivity contribution in [1.29, 1.82) is 0 Å². The van der Waals surface area contributed by atoms with Gasteiger partial charge in [0.1, 0.15) is 5.82 Å². The number of sulfonamides is 1. The number of hydrogen-bond donors (Lipinski definition) is 3. The summed E-state index contributed by atoms with van der Waals surface area (Å²) in [7, 11) is -3.72. The van der Waals surface area contributed by atoms with Crippen LogP contribution < -0.4 is 15.4 Å². The van der Waals surface area contributed by atoms with Crippen LogP contribution in [0.2, 0.25) is 0 Å². The van der Waals surface area contributed by atoms with E-state index in [1.807, 2.05) is 32.9 Å². The zero-order chi connectivity index (χ0) is 22.6. The predicted octanol–water partition coefficient (Wildman–Crippen LogP) is 5.04. The first-order chi connectivity index (χ1) is 14.6. The van der Waals surface area contributed by atoms with Crippen LogP contribution in [0.5, 0.6) is 0 Å². The van der Waals surface area contributed by atoms with E-state index >= 15 is 0 Å². The van der Waals surface area contributed by atoms with Crippen LogP contribution in [0.15, 0.2) is 65.6 Å². The molecule has 0 aromatic heterocycles. The number of thiocarbonyl (C=S) groups is 1. The van der Waals surface area contributed by atoms with Crippen molar-refractivity contribution in [1.82, 2.24) is 5.32 Å². The topological polar surface area (TPSA) is 70.2 Å². The summed E-state index contributed by atoms with van der Waals surface area (Å²) in [5.74, 6) is -0.290. The standard InChI is InChI=1S/C23H24FN3O2S2/c1-15-12-16(2)22(17(3)13-15)27-31(28,29)21-10-8-20(9-11-21)26-23(30)25-14-18-4-6-19(24)7-5-18/h4-13,27H,14H2,1-3H3,(H2,25,26,30). The number of benzene rings is 3. The third-order valence-corrected chi connectivity index (χ3v) is 6.31. The van der Waals surface area contributed by atoms with Gasteiger partial charge >= 0.3 is 0 Å². The lowest BCUT2D eigenvalue weighted by atomic mass is 10.1. The van der Waals surface area contributed by atoms with Gasteiger partial charge < -0.3 is 10.6 Å². The molecule has 0 fully saturated rings. The van der Waals surface area contributed by atoms with Crippen molar-refractivity contribution in [2.24, 2.45) is 0 Å². The summed E-state index contributed by atoms with van der Waals surface area (Å²) in [5, 5.41) is 6.41. The van der Waals surface area contributed by atoms with Gasteiger partial charge in [-0.15, -0.1) is 0 Å². The number of hydrogen-bond acceptors (Lipinski definition) is 3. The molecule has 0 atom stereocenters. The lowest BCUT2D eigenvalue weighted by Crippen LogP contribution is -2.27. The second-order valence-corrected chi connectivity index (χ2v) is 9.43. The van der Waals surface area contributed by atoms with Crippen LogP contribution in [-0.4, -0.2) is 13.5 Å². The third kappa shape index (κ3) is 6.02. The molecule has 3 rings (SSSR count). The maximum atomic E-state index is 13.0. The summed E-state index contributed by atoms with van der Waals surface area (Å²) in [6.45, 7) is 6.18. The van der Waals surface area contributed by atoms with Crippen molar-refractivity contribution in [3.63, 3.8) is 0 Å². The van der Waals surface area contributed by atoms with Gasteiger partial charge in [-0.1, -0.05) is 29.8 Å². The van der Waals surface area contributed by atoms with Crippen LogP contribution in [0.3, 0.4) is 0 Å². The Morgan fingerprint density at radius 3 is 2.10 bits per heavy atom. The minimum atomic E-state index is -3.72. The van der Waals surface area contributed by atoms with Gasteiger partial charge in [-0.05, 0) is 86.1 Å². The summed E-state index contributed by atoms with van der Waals surface area (Å²) in [6, 6.07) is 16.4. The molecule has 0 unspecified atom stereocenters. The molecule has 0 aliphatic heterocycles. The second-order valence-electron chi connectivity index (χ2n) is 7.34. The summed E-state index contributed by atoms with van der Waals surface area (Å²) in [6.07, 6.45) is 0. The van der Waals surface area contributed by atoms with E-state index in [1.165, 1.54) is 24.3 Å². The Morgan fingerprint density at radius 2 is 1.52 bits per heavy atom. The van der Waals surface area contributed by atoms with Crippen LogP contribution in [0.4, 0.5) is 15.8 Å². The largest absolute Gasteiger partial charge is 0.358 e. The number of nitrogens with one attached hydrogen (secondary N) is 3. The molecule has 0 saturated heterocycles. The number of aryl methyl sites for hydroxylation is 3. The highest BCUT2D eigenvalue weighted by atomic mass is 32.2. The number of rotatable bonds is 6. The number of anilines is 2. The minimum Gasteiger partial charge on any atom is -0.358 e. The fourth-order valence-electron chi connectivity index (χ4n) is 3.21. The molecule has 31 heavy (non-hydrogen) atoms. The summed E-state index contributed by atoms with van der Waals surface area (Å²) < 4.78 is 41.3. The van der Waals surface area contributed by atoms with Crippen LogP contribution in [0.25, 0.3) is 0 Å². The fourth-order valence-corrected chi connectivity index (χ4v) is 4.60. The van der Waals surface area contributed by atoms with E-state index in [0.717, 1.165) is 22.3 Å². The van der Waals surface area contributed by atoms with Crippen molar-refractivity contribution in [3.05, 3.63) is 88.7 Å². The Kier molecular flexibility index (Phi) is 6.92. The molecule has 0 aliphatic carbocycles. The molecule has 162 valence electrons. The molecule has 0 aliphatic rings. The zero-order valence-corrected chi connectivity index (χ0v) is 19.1. The van der Waals surface area contributed by atoms with E-state index in [1.54, 1.807) is 24.3 Å². The lowest BCUT2D eigenvalue weighted by Gasteiger charge is -2.15. The highest BCUT2D eigenvalue weighted by Gasteiger charge is 2.17. The van der Waals surface area contributed by atoms with E-state index in [2.05, 4.69) is 15.4 Å². The summed E-state index contributed by atoms with van der Waals surface area (Å²) in [5.41, 5.74) is 4.96. The van der Waals surface area contributed by atoms with Gasteiger partial charge in [0, 0.05) is 12.2 Å². The maximum absolute atomic E-state index is 13.0. The molecular formula is C23H24FN3O2S2. The fraction of sp³-hybridized carbons (Fsp3) is 0.174. The molecular weight excluding hydrogens is 433 g/mol. The van der Waals surface area contributed by atoms with Gasteiger partial charge in [-0.3, -0.25) is 4.72 Å². The lowest BCUT2D eigenvalue weighted by molar-refractivity contribution is 0.601. The van der Waals surface area contributed by atoms with Gasteiger partial charge in [0.15, 0.2) is 5.11 Å². The Bertz CT molecular complexity index is 1170. The van der Waals surface area contributed by atoms with E-state index < -0.39 is 10.0 Å². The average molecular weight is 458 g/mol. The van der Waals surface area contributed by atoms with Crippen molar-refractivity contribution in [2.75, 3.05) is 10.0 Å². The zero-order valence-electron chi connectivity index (χ0n) is 17.5. The first kappa shape index (κ1) is 22.7. The minimum absolute atomic E-state index is 0.155. The first-order valence-electron chi connectivity index (χ1n) is 9.64. The molecule has 0 saturated carbocycles. The van der Waals surface area contributed by atoms with Crippen molar-refractivity contribution >= 4 is 38.7 Å². The van der Waals surface area contributed by atoms with E-state index in [0.29, 0.717) is 23.0 Å². The van der Waals surface area contributed by atoms with Gasteiger partial charge in [0.25, 0.3) is 10.0 Å². The highest BCUT2D eigenvalue weighted by molar-refractivity contribution is 7.92. The normalized spacial score (nSPS) is 11.1. The predicted molar refractivity (Wildman–Crippen MR) is 127 cm³/mol. The summed E-state index contributed by atoms with van der Waals surface area (Å²) >= 11 is 5.27. The van der Waals surface area contributed by atoms with Crippen LogP contribution in [0.1, 0.15) is 22.3 Å². The molecule has 0 spiro atoms. The highest BCUT2D eigenvalue weighted by Crippen LogP contribution is 2.25. The van der Waals surface area contributed by atoms with Crippen LogP contribution >= 0.6 is 12.2 Å². The Balaban J connectivity index is 1.63. The number of halogens is 1. The van der Waals surface area contributed by atoms with Gasteiger partial charge in [0.2, 0.25) is 0 Å². The molecule has 0 amide bonds. The molecule has 3 N–H and O–H groups in total. The SMILES string of the molecule is Cc1cc(C)c(NS(=O)(=O)c2ccc(NC(=S)NCc3ccc(F)cc3)cc2)c(C)c1. The molecule has 8 heteroatoms. The Labute approximate surface area is 187 Å². The molecule has 3 aromatic carbocycles. The van der Waals surface area contributed by atoms with Crippen molar-refractivity contribution in [3.8, 4) is 0 Å². The van der Waals surface area contributed by atoms with Gasteiger partial charge in [0.05, 0.1) is 10.6 Å². The Morgan fingerprint density at radius 1 is 0.935 bits per heavy atom. The second kappa shape index (κ2) is 9.45. The quantitative estimate of drug-likeness (QED) is 0.453. The molecule has 3 aromatic rings. The maximum Gasteiger partial charge on any atom is 0.261 e. The smallest absolute Gasteiger partial charge is 0.261 e. The van der Waals surface area contributed by atoms with E-state index in [9.17, 15) is 12.8 Å². The van der Waals surface area contributed by atoms with E-state index in [4.69, 9.17) is 12.2 Å². The first-order valence-corrected chi connectivity index (χ1v) is 11.5. The van der Waals surface area contributed by atoms with E-state index in [-0.39, 0.29) is 10.7 Å². The van der Waals surface area contributed by atoms with Gasteiger partial charge in [-0.2, -0.15) is 0 Å². The van der Waals surface area contributed by atoms with Crippen molar-refractivity contribution < 1.29 is 12.8 Å². The molecule has 0 bridgehead atoms.